The van der Waals surface area contributed by atoms with Crippen molar-refractivity contribution in [1.29, 1.82) is 0 Å². The second-order valence-corrected chi connectivity index (χ2v) is 4.72. The molecule has 0 saturated carbocycles. The highest BCUT2D eigenvalue weighted by Crippen LogP contribution is 2.15. The second kappa shape index (κ2) is 6.83. The molecule has 0 spiro atoms. The van der Waals surface area contributed by atoms with Crippen molar-refractivity contribution in [3.8, 4) is 0 Å². The summed E-state index contributed by atoms with van der Waals surface area (Å²) < 4.78 is 14.1. The molecule has 0 aliphatic rings. The van der Waals surface area contributed by atoms with Crippen LogP contribution in [-0.4, -0.2) is 17.4 Å². The highest BCUT2D eigenvalue weighted by molar-refractivity contribution is 5.95. The first-order valence-electron chi connectivity index (χ1n) is 6.84. The largest absolute Gasteiger partial charge is 0.368 e. The highest BCUT2D eigenvalue weighted by Gasteiger charge is 2.15. The Morgan fingerprint density at radius 3 is 2.86 bits per heavy atom. The van der Waals surface area contributed by atoms with E-state index in [1.54, 1.807) is 0 Å². The van der Waals surface area contributed by atoms with Crippen LogP contribution < -0.4 is 10.6 Å². The van der Waals surface area contributed by atoms with Crippen LogP contribution in [0.5, 0.6) is 0 Å². The molecule has 5 heteroatoms. The van der Waals surface area contributed by atoms with E-state index in [0.717, 1.165) is 11.1 Å². The standard InChI is InChI=1S/C16H18FN3O/c1-3-18-15-14(17)13(7-8-19-15)16(21)20-10-12-6-4-5-11(2)9-12/h4-9H,3,10H2,1-2H3,(H,18,19)(H,20,21). The molecule has 21 heavy (non-hydrogen) atoms. The smallest absolute Gasteiger partial charge is 0.254 e. The van der Waals surface area contributed by atoms with E-state index in [4.69, 9.17) is 0 Å². The molecule has 2 aromatic rings. The number of rotatable bonds is 5. The van der Waals surface area contributed by atoms with Crippen LogP contribution in [0.2, 0.25) is 0 Å². The van der Waals surface area contributed by atoms with Crippen LogP contribution in [0.3, 0.4) is 0 Å². The van der Waals surface area contributed by atoms with Crippen LogP contribution in [0.1, 0.15) is 28.4 Å². The summed E-state index contributed by atoms with van der Waals surface area (Å²) in [6.07, 6.45) is 1.42. The average molecular weight is 287 g/mol. The Bertz CT molecular complexity index is 643. The van der Waals surface area contributed by atoms with E-state index >= 15 is 0 Å². The maximum atomic E-state index is 14.1. The van der Waals surface area contributed by atoms with Gasteiger partial charge in [0.15, 0.2) is 11.6 Å². The van der Waals surface area contributed by atoms with Gasteiger partial charge < -0.3 is 10.6 Å². The lowest BCUT2D eigenvalue weighted by atomic mass is 10.1. The molecule has 110 valence electrons. The monoisotopic (exact) mass is 287 g/mol. The molecule has 0 unspecified atom stereocenters. The number of anilines is 1. The number of halogens is 1. The lowest BCUT2D eigenvalue weighted by Gasteiger charge is -2.09. The number of benzene rings is 1. The first-order valence-corrected chi connectivity index (χ1v) is 6.84. The third kappa shape index (κ3) is 3.78. The molecule has 2 N–H and O–H groups in total. The topological polar surface area (TPSA) is 54.0 Å². The first-order chi connectivity index (χ1) is 10.1. The third-order valence-electron chi connectivity index (χ3n) is 3.01. The van der Waals surface area contributed by atoms with Crippen LogP contribution in [0.25, 0.3) is 0 Å². The number of nitrogens with zero attached hydrogens (tertiary/aromatic N) is 1. The Hall–Kier alpha value is -2.43. The fourth-order valence-corrected chi connectivity index (χ4v) is 2.01. The summed E-state index contributed by atoms with van der Waals surface area (Å²) in [7, 11) is 0. The highest BCUT2D eigenvalue weighted by atomic mass is 19.1. The van der Waals surface area contributed by atoms with Gasteiger partial charge in [-0.3, -0.25) is 4.79 Å². The zero-order valence-corrected chi connectivity index (χ0v) is 12.1. The summed E-state index contributed by atoms with van der Waals surface area (Å²) >= 11 is 0. The molecule has 1 aromatic carbocycles. The molecule has 0 aliphatic heterocycles. The van der Waals surface area contributed by atoms with E-state index in [-0.39, 0.29) is 11.4 Å². The molecule has 1 amide bonds. The number of amides is 1. The first kappa shape index (κ1) is 15.0. The minimum atomic E-state index is -0.624. The van der Waals surface area contributed by atoms with Gasteiger partial charge in [0, 0.05) is 19.3 Å². The van der Waals surface area contributed by atoms with Crippen LogP contribution in [-0.2, 0) is 6.54 Å². The maximum Gasteiger partial charge on any atom is 0.254 e. The molecule has 4 nitrogen and oxygen atoms in total. The number of hydrogen-bond donors (Lipinski definition) is 2. The number of carbonyl (C=O) groups is 1. The molecule has 1 heterocycles. The van der Waals surface area contributed by atoms with E-state index in [2.05, 4.69) is 15.6 Å². The lowest BCUT2D eigenvalue weighted by Crippen LogP contribution is -2.24. The zero-order chi connectivity index (χ0) is 15.2. The fraction of sp³-hybridized carbons (Fsp3) is 0.250. The zero-order valence-electron chi connectivity index (χ0n) is 12.1. The number of carbonyl (C=O) groups excluding carboxylic acids is 1. The predicted octanol–water partition coefficient (Wildman–Crippen LogP) is 2.89. The minimum absolute atomic E-state index is 0.00592. The molecule has 2 rings (SSSR count). The molecule has 0 aliphatic carbocycles. The minimum Gasteiger partial charge on any atom is -0.368 e. The van der Waals surface area contributed by atoms with Crippen molar-refractivity contribution < 1.29 is 9.18 Å². The van der Waals surface area contributed by atoms with Gasteiger partial charge in [-0.15, -0.1) is 0 Å². The predicted molar refractivity (Wildman–Crippen MR) is 80.7 cm³/mol. The van der Waals surface area contributed by atoms with Crippen molar-refractivity contribution in [2.75, 3.05) is 11.9 Å². The van der Waals surface area contributed by atoms with Gasteiger partial charge >= 0.3 is 0 Å². The molecular weight excluding hydrogens is 269 g/mol. The molecule has 0 fully saturated rings. The van der Waals surface area contributed by atoms with Gasteiger partial charge in [0.25, 0.3) is 5.91 Å². The Balaban J connectivity index is 2.08. The van der Waals surface area contributed by atoms with Crippen molar-refractivity contribution in [2.24, 2.45) is 0 Å². The van der Waals surface area contributed by atoms with E-state index in [1.165, 1.54) is 12.3 Å². The van der Waals surface area contributed by atoms with E-state index in [0.29, 0.717) is 13.1 Å². The molecule has 0 saturated heterocycles. The molecule has 0 radical (unpaired) electrons. The van der Waals surface area contributed by atoms with E-state index in [1.807, 2.05) is 38.1 Å². The Morgan fingerprint density at radius 1 is 1.33 bits per heavy atom. The summed E-state index contributed by atoms with van der Waals surface area (Å²) in [5.74, 6) is -0.975. The molecule has 0 atom stereocenters. The third-order valence-corrected chi connectivity index (χ3v) is 3.01. The molecule has 1 aromatic heterocycles. The Morgan fingerprint density at radius 2 is 2.14 bits per heavy atom. The number of aryl methyl sites for hydroxylation is 1. The van der Waals surface area contributed by atoms with Gasteiger partial charge in [0.05, 0.1) is 5.56 Å². The molecular formula is C16H18FN3O. The van der Waals surface area contributed by atoms with Gasteiger partial charge in [-0.25, -0.2) is 9.37 Å². The van der Waals surface area contributed by atoms with Crippen molar-refractivity contribution >= 4 is 11.7 Å². The van der Waals surface area contributed by atoms with Gasteiger partial charge in [0.2, 0.25) is 0 Å². The molecule has 0 bridgehead atoms. The van der Waals surface area contributed by atoms with Crippen LogP contribution in [0.4, 0.5) is 10.2 Å². The van der Waals surface area contributed by atoms with Crippen molar-refractivity contribution in [3.05, 3.63) is 59.0 Å². The summed E-state index contributed by atoms with van der Waals surface area (Å²) in [5, 5.41) is 5.50. The average Bonchev–Trinajstić information content (AvgIpc) is 2.47. The SMILES string of the molecule is CCNc1nccc(C(=O)NCc2cccc(C)c2)c1F. The Labute approximate surface area is 123 Å². The fourth-order valence-electron chi connectivity index (χ4n) is 2.01. The number of nitrogens with one attached hydrogen (secondary N) is 2. The van der Waals surface area contributed by atoms with Gasteiger partial charge in [-0.05, 0) is 25.5 Å². The van der Waals surface area contributed by atoms with Crippen molar-refractivity contribution in [1.82, 2.24) is 10.3 Å². The van der Waals surface area contributed by atoms with Gasteiger partial charge in [-0.2, -0.15) is 0 Å². The summed E-state index contributed by atoms with van der Waals surface area (Å²) in [6.45, 7) is 4.72. The normalized spacial score (nSPS) is 10.2. The van der Waals surface area contributed by atoms with Crippen LogP contribution in [0, 0.1) is 12.7 Å². The maximum absolute atomic E-state index is 14.1. The quantitative estimate of drug-likeness (QED) is 0.889. The van der Waals surface area contributed by atoms with Crippen molar-refractivity contribution in [2.45, 2.75) is 20.4 Å². The number of pyridine rings is 1. The summed E-state index contributed by atoms with van der Waals surface area (Å²) in [6, 6.07) is 9.18. The number of aromatic nitrogens is 1. The van der Waals surface area contributed by atoms with Gasteiger partial charge in [-0.1, -0.05) is 29.8 Å². The Kier molecular flexibility index (Phi) is 4.87. The summed E-state index contributed by atoms with van der Waals surface area (Å²) in [4.78, 5) is 15.9. The van der Waals surface area contributed by atoms with E-state index in [9.17, 15) is 9.18 Å². The summed E-state index contributed by atoms with van der Waals surface area (Å²) in [5.41, 5.74) is 2.09. The van der Waals surface area contributed by atoms with Crippen molar-refractivity contribution in [3.63, 3.8) is 0 Å². The lowest BCUT2D eigenvalue weighted by molar-refractivity contribution is 0.0947. The van der Waals surface area contributed by atoms with Gasteiger partial charge in [0.1, 0.15) is 0 Å². The van der Waals surface area contributed by atoms with Crippen LogP contribution in [0.15, 0.2) is 36.5 Å². The van der Waals surface area contributed by atoms with E-state index < -0.39 is 11.7 Å². The van der Waals surface area contributed by atoms with Crippen LogP contribution >= 0.6 is 0 Å². The number of hydrogen-bond acceptors (Lipinski definition) is 3. The second-order valence-electron chi connectivity index (χ2n) is 4.72.